The van der Waals surface area contributed by atoms with Gasteiger partial charge in [0.1, 0.15) is 5.57 Å². The van der Waals surface area contributed by atoms with Crippen molar-refractivity contribution in [3.8, 4) is 11.5 Å². The number of ether oxygens (including phenoxy) is 2. The molecule has 0 aromatic heterocycles. The molecule has 1 aliphatic rings. The number of hydrogen-bond donors (Lipinski definition) is 1. The minimum absolute atomic E-state index is 0.0978. The molecular weight excluding hydrogens is 384 g/mol. The number of urea groups is 1. The number of methoxy groups -OCH3 is 1. The molecule has 1 unspecified atom stereocenters. The van der Waals surface area contributed by atoms with Crippen molar-refractivity contribution in [2.45, 2.75) is 33.3 Å². The van der Waals surface area contributed by atoms with Crippen LogP contribution in [0.2, 0.25) is 0 Å². The van der Waals surface area contributed by atoms with Gasteiger partial charge in [0.25, 0.3) is 11.8 Å². The normalized spacial score (nSPS) is 16.5. The zero-order valence-corrected chi connectivity index (χ0v) is 17.4. The first kappa shape index (κ1) is 21.1. The zero-order chi connectivity index (χ0) is 21.8. The summed E-state index contributed by atoms with van der Waals surface area (Å²) in [7, 11) is 1.52. The van der Waals surface area contributed by atoms with Crippen molar-refractivity contribution in [1.29, 1.82) is 0 Å². The number of imide groups is 2. The number of carbonyl (C=O) groups is 3. The number of rotatable bonds is 6. The minimum Gasteiger partial charge on any atom is -0.493 e. The Hall–Kier alpha value is -3.61. The summed E-state index contributed by atoms with van der Waals surface area (Å²) in [5, 5.41) is 2.24. The van der Waals surface area contributed by atoms with Crippen LogP contribution in [0.4, 0.5) is 10.5 Å². The van der Waals surface area contributed by atoms with Gasteiger partial charge in [0.15, 0.2) is 11.5 Å². The fourth-order valence-corrected chi connectivity index (χ4v) is 3.06. The van der Waals surface area contributed by atoms with E-state index in [1.165, 1.54) is 13.2 Å². The Kier molecular flexibility index (Phi) is 6.20. The number of anilines is 1. The van der Waals surface area contributed by atoms with Crippen LogP contribution in [-0.2, 0) is 9.59 Å². The van der Waals surface area contributed by atoms with Crippen molar-refractivity contribution in [3.05, 3.63) is 59.2 Å². The number of nitrogens with zero attached hydrogens (tertiary/aromatic N) is 1. The van der Waals surface area contributed by atoms with E-state index in [2.05, 4.69) is 5.32 Å². The number of para-hydroxylation sites is 2. The van der Waals surface area contributed by atoms with Crippen LogP contribution >= 0.6 is 0 Å². The van der Waals surface area contributed by atoms with Crippen molar-refractivity contribution >= 4 is 29.6 Å². The molecule has 1 saturated heterocycles. The SMILES string of the molecule is CCC(C)Oc1c(/C=C2\C(=O)NC(=O)N(c3ccccc3C)C2=O)cccc1OC. The van der Waals surface area contributed by atoms with Crippen molar-refractivity contribution in [2.24, 2.45) is 0 Å². The van der Waals surface area contributed by atoms with E-state index in [-0.39, 0.29) is 11.7 Å². The summed E-state index contributed by atoms with van der Waals surface area (Å²) in [4.78, 5) is 39.0. The maximum atomic E-state index is 13.2. The van der Waals surface area contributed by atoms with E-state index in [1.807, 2.05) is 19.9 Å². The predicted octanol–water partition coefficient (Wildman–Crippen LogP) is 3.85. The zero-order valence-electron chi connectivity index (χ0n) is 17.4. The number of amides is 4. The summed E-state index contributed by atoms with van der Waals surface area (Å²) in [5.74, 6) is -0.538. The molecule has 0 saturated carbocycles. The molecule has 1 N–H and O–H groups in total. The fourth-order valence-electron chi connectivity index (χ4n) is 3.06. The Labute approximate surface area is 175 Å². The van der Waals surface area contributed by atoms with E-state index in [0.717, 1.165) is 16.9 Å². The highest BCUT2D eigenvalue weighted by Gasteiger charge is 2.37. The van der Waals surface area contributed by atoms with E-state index < -0.39 is 17.8 Å². The van der Waals surface area contributed by atoms with Crippen molar-refractivity contribution in [2.75, 3.05) is 12.0 Å². The lowest BCUT2D eigenvalue weighted by Gasteiger charge is -2.27. The lowest BCUT2D eigenvalue weighted by Crippen LogP contribution is -2.54. The Morgan fingerprint density at radius 3 is 2.50 bits per heavy atom. The largest absolute Gasteiger partial charge is 0.493 e. The third kappa shape index (κ3) is 4.05. The first-order valence-electron chi connectivity index (χ1n) is 9.68. The van der Waals surface area contributed by atoms with Gasteiger partial charge in [-0.1, -0.05) is 37.3 Å². The molecule has 0 spiro atoms. The highest BCUT2D eigenvalue weighted by molar-refractivity contribution is 6.39. The van der Waals surface area contributed by atoms with Crippen LogP contribution in [0.15, 0.2) is 48.0 Å². The second-order valence-electron chi connectivity index (χ2n) is 6.96. The molecule has 0 radical (unpaired) electrons. The van der Waals surface area contributed by atoms with Crippen molar-refractivity contribution in [1.82, 2.24) is 5.32 Å². The predicted molar refractivity (Wildman–Crippen MR) is 114 cm³/mol. The van der Waals surface area contributed by atoms with Gasteiger partial charge >= 0.3 is 6.03 Å². The summed E-state index contributed by atoms with van der Waals surface area (Å²) in [6.07, 6.45) is 2.10. The molecule has 0 aliphatic carbocycles. The van der Waals surface area contributed by atoms with Crippen molar-refractivity contribution < 1.29 is 23.9 Å². The Bertz CT molecular complexity index is 1030. The average molecular weight is 408 g/mol. The monoisotopic (exact) mass is 408 g/mol. The van der Waals surface area contributed by atoms with Gasteiger partial charge in [-0.05, 0) is 44.0 Å². The first-order valence-corrected chi connectivity index (χ1v) is 9.68. The molecule has 1 atom stereocenters. The highest BCUT2D eigenvalue weighted by atomic mass is 16.5. The second-order valence-corrected chi connectivity index (χ2v) is 6.96. The van der Waals surface area contributed by atoms with E-state index >= 15 is 0 Å². The summed E-state index contributed by atoms with van der Waals surface area (Å²) < 4.78 is 11.4. The maximum Gasteiger partial charge on any atom is 0.335 e. The molecule has 4 amide bonds. The molecule has 2 aromatic rings. The number of benzene rings is 2. The summed E-state index contributed by atoms with van der Waals surface area (Å²) in [5.41, 5.74) is 1.49. The van der Waals surface area contributed by atoms with E-state index in [0.29, 0.717) is 22.7 Å². The van der Waals surface area contributed by atoms with Crippen LogP contribution in [0.5, 0.6) is 11.5 Å². The van der Waals surface area contributed by atoms with Crippen LogP contribution in [0.1, 0.15) is 31.4 Å². The third-order valence-corrected chi connectivity index (χ3v) is 4.88. The standard InChI is InChI=1S/C23H24N2O5/c1-5-15(3)30-20-16(10-8-12-19(20)29-4)13-17-21(26)24-23(28)25(22(17)27)18-11-7-6-9-14(18)2/h6-13,15H,5H2,1-4H3,(H,24,26,28)/b17-13+. The van der Waals surface area contributed by atoms with Gasteiger partial charge in [-0.25, -0.2) is 9.69 Å². The van der Waals surface area contributed by atoms with Crippen LogP contribution in [0, 0.1) is 6.92 Å². The smallest absolute Gasteiger partial charge is 0.335 e. The van der Waals surface area contributed by atoms with Crippen LogP contribution in [-0.4, -0.2) is 31.1 Å². The van der Waals surface area contributed by atoms with Crippen molar-refractivity contribution in [3.63, 3.8) is 0 Å². The van der Waals surface area contributed by atoms with E-state index in [9.17, 15) is 14.4 Å². The molecule has 156 valence electrons. The number of aryl methyl sites for hydroxylation is 1. The van der Waals surface area contributed by atoms with Crippen LogP contribution < -0.4 is 19.7 Å². The molecule has 0 bridgehead atoms. The average Bonchev–Trinajstić information content (AvgIpc) is 2.73. The van der Waals surface area contributed by atoms with Gasteiger partial charge in [-0.3, -0.25) is 14.9 Å². The number of barbiturate groups is 1. The lowest BCUT2D eigenvalue weighted by atomic mass is 10.0. The molecule has 2 aromatic carbocycles. The minimum atomic E-state index is -0.779. The Balaban J connectivity index is 2.08. The molecule has 1 heterocycles. The van der Waals surface area contributed by atoms with Crippen LogP contribution in [0.25, 0.3) is 6.08 Å². The maximum absolute atomic E-state index is 13.2. The second kappa shape index (κ2) is 8.82. The summed E-state index contributed by atoms with van der Waals surface area (Å²) in [6, 6.07) is 11.4. The quantitative estimate of drug-likeness (QED) is 0.580. The highest BCUT2D eigenvalue weighted by Crippen LogP contribution is 2.34. The molecular formula is C23H24N2O5. The van der Waals surface area contributed by atoms with Gasteiger partial charge < -0.3 is 9.47 Å². The topological polar surface area (TPSA) is 84.9 Å². The molecule has 30 heavy (non-hydrogen) atoms. The molecule has 7 heteroatoms. The van der Waals surface area contributed by atoms with Gasteiger partial charge in [0, 0.05) is 5.56 Å². The first-order chi connectivity index (χ1) is 14.4. The van der Waals surface area contributed by atoms with Gasteiger partial charge in [0.05, 0.1) is 18.9 Å². The fraction of sp³-hybridized carbons (Fsp3) is 0.261. The van der Waals surface area contributed by atoms with E-state index in [4.69, 9.17) is 9.47 Å². The molecule has 1 fully saturated rings. The van der Waals surface area contributed by atoms with E-state index in [1.54, 1.807) is 43.3 Å². The lowest BCUT2D eigenvalue weighted by molar-refractivity contribution is -0.122. The van der Waals surface area contributed by atoms with Gasteiger partial charge in [-0.15, -0.1) is 0 Å². The third-order valence-electron chi connectivity index (χ3n) is 4.88. The molecule has 1 aliphatic heterocycles. The molecule has 7 nitrogen and oxygen atoms in total. The molecule has 3 rings (SSSR count). The number of hydrogen-bond acceptors (Lipinski definition) is 5. The van der Waals surface area contributed by atoms with Crippen LogP contribution in [0.3, 0.4) is 0 Å². The number of nitrogens with one attached hydrogen (secondary N) is 1. The summed E-state index contributed by atoms with van der Waals surface area (Å²) >= 11 is 0. The Morgan fingerprint density at radius 1 is 1.10 bits per heavy atom. The summed E-state index contributed by atoms with van der Waals surface area (Å²) in [6.45, 7) is 5.69. The Morgan fingerprint density at radius 2 is 1.83 bits per heavy atom. The van der Waals surface area contributed by atoms with Gasteiger partial charge in [-0.2, -0.15) is 0 Å². The number of carbonyl (C=O) groups excluding carboxylic acids is 3. The van der Waals surface area contributed by atoms with Gasteiger partial charge in [0.2, 0.25) is 0 Å².